The molecule has 9 heteroatoms. The van der Waals surface area contributed by atoms with Gasteiger partial charge in [0.2, 0.25) is 5.89 Å². The summed E-state index contributed by atoms with van der Waals surface area (Å²) in [6, 6.07) is 15.6. The van der Waals surface area contributed by atoms with E-state index in [1.807, 2.05) is 41.8 Å². The Labute approximate surface area is 198 Å². The Hall–Kier alpha value is -3.49. The first kappa shape index (κ1) is 21.4. The molecule has 0 aliphatic heterocycles. The lowest BCUT2D eigenvalue weighted by Crippen LogP contribution is -2.02. The Balaban J connectivity index is 1.47. The lowest BCUT2D eigenvalue weighted by molar-refractivity contribution is 0.573. The van der Waals surface area contributed by atoms with Crippen LogP contribution >= 0.6 is 23.4 Å². The van der Waals surface area contributed by atoms with E-state index < -0.39 is 0 Å². The van der Waals surface area contributed by atoms with Gasteiger partial charge in [0, 0.05) is 34.3 Å². The molecular formula is C24H17ClFN5OS. The van der Waals surface area contributed by atoms with Gasteiger partial charge in [-0.15, -0.1) is 10.2 Å². The van der Waals surface area contributed by atoms with Crippen molar-refractivity contribution in [1.29, 1.82) is 0 Å². The van der Waals surface area contributed by atoms with Crippen LogP contribution in [0.2, 0.25) is 5.02 Å². The molecule has 0 saturated heterocycles. The van der Waals surface area contributed by atoms with Crippen LogP contribution in [0.25, 0.3) is 28.5 Å². The van der Waals surface area contributed by atoms with E-state index in [4.69, 9.17) is 16.0 Å². The summed E-state index contributed by atoms with van der Waals surface area (Å²) in [5, 5.41) is 10.2. The molecule has 164 valence electrons. The molecule has 0 saturated carbocycles. The lowest BCUT2D eigenvalue weighted by Gasteiger charge is -2.13. The summed E-state index contributed by atoms with van der Waals surface area (Å²) in [6.45, 7) is 1.97. The zero-order valence-electron chi connectivity index (χ0n) is 17.4. The van der Waals surface area contributed by atoms with E-state index in [0.717, 1.165) is 22.5 Å². The third kappa shape index (κ3) is 4.40. The number of oxazole rings is 1. The van der Waals surface area contributed by atoms with Gasteiger partial charge in [-0.25, -0.2) is 9.37 Å². The minimum atomic E-state index is -0.304. The van der Waals surface area contributed by atoms with Crippen LogP contribution in [0.15, 0.2) is 82.8 Å². The lowest BCUT2D eigenvalue weighted by atomic mass is 10.2. The van der Waals surface area contributed by atoms with E-state index in [1.165, 1.54) is 23.9 Å². The topological polar surface area (TPSA) is 69.6 Å². The number of benzene rings is 2. The van der Waals surface area contributed by atoms with Gasteiger partial charge in [-0.2, -0.15) is 0 Å². The van der Waals surface area contributed by atoms with Gasteiger partial charge in [0.05, 0.1) is 11.4 Å². The van der Waals surface area contributed by atoms with Crippen LogP contribution in [0.3, 0.4) is 0 Å². The summed E-state index contributed by atoms with van der Waals surface area (Å²) < 4.78 is 20.8. The number of hydrogen-bond donors (Lipinski definition) is 0. The van der Waals surface area contributed by atoms with E-state index in [1.54, 1.807) is 30.8 Å². The molecule has 0 spiro atoms. The summed E-state index contributed by atoms with van der Waals surface area (Å²) in [4.78, 5) is 8.62. The summed E-state index contributed by atoms with van der Waals surface area (Å²) >= 11 is 7.89. The minimum absolute atomic E-state index is 0.304. The molecule has 0 fully saturated rings. The number of aromatic nitrogens is 5. The van der Waals surface area contributed by atoms with Crippen molar-refractivity contribution >= 4 is 23.4 Å². The third-order valence-electron chi connectivity index (χ3n) is 5.04. The van der Waals surface area contributed by atoms with Gasteiger partial charge in [-0.05, 0) is 61.0 Å². The second kappa shape index (κ2) is 9.17. The number of hydrogen-bond acceptors (Lipinski definition) is 6. The molecule has 0 atom stereocenters. The van der Waals surface area contributed by atoms with Gasteiger partial charge in [0.25, 0.3) is 0 Å². The molecule has 2 aromatic carbocycles. The van der Waals surface area contributed by atoms with Gasteiger partial charge < -0.3 is 4.42 Å². The van der Waals surface area contributed by atoms with Crippen molar-refractivity contribution in [2.45, 2.75) is 17.8 Å². The molecule has 0 unspecified atom stereocenters. The van der Waals surface area contributed by atoms with Crippen molar-refractivity contribution in [3.63, 3.8) is 0 Å². The maximum absolute atomic E-state index is 13.2. The molecule has 33 heavy (non-hydrogen) atoms. The summed E-state index contributed by atoms with van der Waals surface area (Å²) in [7, 11) is 0. The van der Waals surface area contributed by atoms with Crippen molar-refractivity contribution in [3.05, 3.63) is 95.4 Å². The predicted molar refractivity (Wildman–Crippen MR) is 126 cm³/mol. The predicted octanol–water partition coefficient (Wildman–Crippen LogP) is 6.38. The minimum Gasteiger partial charge on any atom is -0.444 e. The Morgan fingerprint density at radius 1 is 1.00 bits per heavy atom. The molecule has 5 aromatic rings. The molecule has 0 aliphatic rings. The maximum Gasteiger partial charge on any atom is 0.226 e. The standard InChI is InChI=1S/C24H17ClFN5OS/c1-15-20(25)3-2-4-21(15)31-22(16-9-11-27-12-10-16)29-30-24(31)33-14-19-13-32-23(28-19)17-5-7-18(26)8-6-17/h2-13H,14H2,1H3. The number of thioether (sulfide) groups is 1. The van der Waals surface area contributed by atoms with Gasteiger partial charge >= 0.3 is 0 Å². The number of nitrogens with zero attached hydrogens (tertiary/aromatic N) is 5. The van der Waals surface area contributed by atoms with Crippen molar-refractivity contribution in [2.75, 3.05) is 0 Å². The Bertz CT molecular complexity index is 1400. The van der Waals surface area contributed by atoms with Crippen LogP contribution in [0, 0.1) is 12.7 Å². The van der Waals surface area contributed by atoms with Crippen molar-refractivity contribution in [3.8, 4) is 28.5 Å². The van der Waals surface area contributed by atoms with Crippen LogP contribution in [0.5, 0.6) is 0 Å². The monoisotopic (exact) mass is 477 g/mol. The zero-order valence-corrected chi connectivity index (χ0v) is 19.0. The first-order valence-electron chi connectivity index (χ1n) is 10.0. The molecule has 6 nitrogen and oxygen atoms in total. The van der Waals surface area contributed by atoms with Crippen LogP contribution < -0.4 is 0 Å². The van der Waals surface area contributed by atoms with E-state index in [9.17, 15) is 4.39 Å². The second-order valence-electron chi connectivity index (χ2n) is 7.20. The van der Waals surface area contributed by atoms with Crippen LogP contribution in [-0.4, -0.2) is 24.7 Å². The zero-order chi connectivity index (χ0) is 22.8. The molecule has 0 amide bonds. The van der Waals surface area contributed by atoms with E-state index in [-0.39, 0.29) is 5.82 Å². The van der Waals surface area contributed by atoms with Crippen molar-refractivity contribution in [2.24, 2.45) is 0 Å². The first-order valence-corrected chi connectivity index (χ1v) is 11.4. The smallest absolute Gasteiger partial charge is 0.226 e. The highest BCUT2D eigenvalue weighted by Gasteiger charge is 2.19. The molecule has 0 aliphatic carbocycles. The first-order chi connectivity index (χ1) is 16.1. The largest absolute Gasteiger partial charge is 0.444 e. The Morgan fingerprint density at radius 3 is 2.58 bits per heavy atom. The third-order valence-corrected chi connectivity index (χ3v) is 6.42. The number of pyridine rings is 1. The fourth-order valence-electron chi connectivity index (χ4n) is 3.34. The molecular weight excluding hydrogens is 461 g/mol. The Kier molecular flexibility index (Phi) is 5.93. The van der Waals surface area contributed by atoms with Gasteiger partial charge in [-0.3, -0.25) is 9.55 Å². The SMILES string of the molecule is Cc1c(Cl)cccc1-n1c(SCc2coc(-c3ccc(F)cc3)n2)nnc1-c1ccncc1. The molecule has 0 bridgehead atoms. The van der Waals surface area contributed by atoms with Crippen LogP contribution in [0.1, 0.15) is 11.3 Å². The molecule has 3 heterocycles. The maximum atomic E-state index is 13.2. The number of halogens is 2. The average molecular weight is 478 g/mol. The molecule has 0 radical (unpaired) electrons. The molecule has 3 aromatic heterocycles. The normalized spacial score (nSPS) is 11.1. The van der Waals surface area contributed by atoms with E-state index in [0.29, 0.717) is 33.2 Å². The van der Waals surface area contributed by atoms with E-state index >= 15 is 0 Å². The summed E-state index contributed by atoms with van der Waals surface area (Å²) in [5.41, 5.74) is 4.17. The highest BCUT2D eigenvalue weighted by atomic mass is 35.5. The quantitative estimate of drug-likeness (QED) is 0.264. The number of rotatable bonds is 6. The van der Waals surface area contributed by atoms with Crippen molar-refractivity contribution < 1.29 is 8.81 Å². The Morgan fingerprint density at radius 2 is 1.79 bits per heavy atom. The average Bonchev–Trinajstić information content (AvgIpc) is 3.48. The van der Waals surface area contributed by atoms with Crippen LogP contribution in [0.4, 0.5) is 4.39 Å². The fourth-order valence-corrected chi connectivity index (χ4v) is 4.34. The van der Waals surface area contributed by atoms with Gasteiger partial charge in [0.1, 0.15) is 12.1 Å². The van der Waals surface area contributed by atoms with Crippen LogP contribution in [-0.2, 0) is 5.75 Å². The fraction of sp³-hybridized carbons (Fsp3) is 0.0833. The van der Waals surface area contributed by atoms with E-state index in [2.05, 4.69) is 20.2 Å². The van der Waals surface area contributed by atoms with Gasteiger partial charge in [0.15, 0.2) is 11.0 Å². The summed E-state index contributed by atoms with van der Waals surface area (Å²) in [5.74, 6) is 1.34. The molecule has 0 N–H and O–H groups in total. The summed E-state index contributed by atoms with van der Waals surface area (Å²) in [6.07, 6.45) is 5.04. The van der Waals surface area contributed by atoms with Crippen molar-refractivity contribution in [1.82, 2.24) is 24.7 Å². The molecule has 5 rings (SSSR count). The highest BCUT2D eigenvalue weighted by molar-refractivity contribution is 7.98. The van der Waals surface area contributed by atoms with Gasteiger partial charge in [-0.1, -0.05) is 29.4 Å². The second-order valence-corrected chi connectivity index (χ2v) is 8.55. The highest BCUT2D eigenvalue weighted by Crippen LogP contribution is 2.33.